The van der Waals surface area contributed by atoms with Gasteiger partial charge in [0, 0.05) is 6.04 Å². The van der Waals surface area contributed by atoms with Gasteiger partial charge in [-0.1, -0.05) is 18.9 Å². The average Bonchev–Trinajstić information content (AvgIpc) is 3.13. The summed E-state index contributed by atoms with van der Waals surface area (Å²) in [6.45, 7) is 0. The van der Waals surface area contributed by atoms with Crippen LogP contribution in [-0.2, 0) is 0 Å². The molecule has 104 valence electrons. The maximum Gasteiger partial charge on any atom is 0.266 e. The maximum atomic E-state index is 11.9. The third-order valence-corrected chi connectivity index (χ3v) is 4.23. The molecular formula is C14H16N4OS. The molecule has 1 aliphatic carbocycles. The van der Waals surface area contributed by atoms with E-state index >= 15 is 0 Å². The van der Waals surface area contributed by atoms with E-state index in [0.29, 0.717) is 16.7 Å². The number of thiophene rings is 1. The highest BCUT2D eigenvalue weighted by molar-refractivity contribution is 7.12. The summed E-state index contributed by atoms with van der Waals surface area (Å²) in [7, 11) is 0. The van der Waals surface area contributed by atoms with Crippen molar-refractivity contribution in [3.8, 4) is 0 Å². The minimum absolute atomic E-state index is 0.147. The SMILES string of the molecule is O=C(Nc1ccc(NC2CCCC2)nn1)c1cccs1. The zero-order valence-corrected chi connectivity index (χ0v) is 11.8. The first-order valence-electron chi connectivity index (χ1n) is 6.76. The van der Waals surface area contributed by atoms with Crippen LogP contribution < -0.4 is 10.6 Å². The molecule has 0 atom stereocenters. The van der Waals surface area contributed by atoms with Gasteiger partial charge in [-0.25, -0.2) is 0 Å². The van der Waals surface area contributed by atoms with Crippen molar-refractivity contribution < 1.29 is 4.79 Å². The van der Waals surface area contributed by atoms with Crippen LogP contribution in [0, 0.1) is 0 Å². The van der Waals surface area contributed by atoms with Gasteiger partial charge in [0.25, 0.3) is 5.91 Å². The predicted octanol–water partition coefficient (Wildman–Crippen LogP) is 3.14. The van der Waals surface area contributed by atoms with E-state index < -0.39 is 0 Å². The van der Waals surface area contributed by atoms with E-state index in [-0.39, 0.29) is 5.91 Å². The molecule has 0 bridgehead atoms. The fourth-order valence-electron chi connectivity index (χ4n) is 2.34. The molecule has 0 saturated heterocycles. The predicted molar refractivity (Wildman–Crippen MR) is 80.2 cm³/mol. The van der Waals surface area contributed by atoms with E-state index in [1.54, 1.807) is 12.1 Å². The highest BCUT2D eigenvalue weighted by atomic mass is 32.1. The third kappa shape index (κ3) is 3.14. The monoisotopic (exact) mass is 288 g/mol. The quantitative estimate of drug-likeness (QED) is 0.907. The standard InChI is InChI=1S/C14H16N4OS/c19-14(11-6-3-9-20-11)16-13-8-7-12(17-18-13)15-10-4-1-2-5-10/h3,6-10H,1-2,4-5H2,(H,15,17)(H,16,18,19). The van der Waals surface area contributed by atoms with Gasteiger partial charge in [0.15, 0.2) is 5.82 Å². The summed E-state index contributed by atoms with van der Waals surface area (Å²) < 4.78 is 0. The second kappa shape index (κ2) is 6.00. The molecule has 2 aromatic heterocycles. The van der Waals surface area contributed by atoms with E-state index in [0.717, 1.165) is 5.82 Å². The Kier molecular flexibility index (Phi) is 3.92. The summed E-state index contributed by atoms with van der Waals surface area (Å²) in [5, 5.41) is 16.1. The van der Waals surface area contributed by atoms with Crippen LogP contribution in [0.15, 0.2) is 29.6 Å². The lowest BCUT2D eigenvalue weighted by atomic mass is 10.2. The van der Waals surface area contributed by atoms with E-state index in [2.05, 4.69) is 20.8 Å². The van der Waals surface area contributed by atoms with Crippen LogP contribution in [0.5, 0.6) is 0 Å². The Labute approximate surface area is 121 Å². The number of anilines is 2. The van der Waals surface area contributed by atoms with Crippen LogP contribution >= 0.6 is 11.3 Å². The molecule has 0 spiro atoms. The van der Waals surface area contributed by atoms with E-state index in [9.17, 15) is 4.79 Å². The number of rotatable bonds is 4. The number of nitrogens with zero attached hydrogens (tertiary/aromatic N) is 2. The molecule has 20 heavy (non-hydrogen) atoms. The van der Waals surface area contributed by atoms with Gasteiger partial charge in [0.2, 0.25) is 0 Å². The summed E-state index contributed by atoms with van der Waals surface area (Å²) in [4.78, 5) is 12.5. The van der Waals surface area contributed by atoms with Crippen LogP contribution in [0.4, 0.5) is 11.6 Å². The molecule has 1 aliphatic rings. The van der Waals surface area contributed by atoms with Crippen molar-refractivity contribution in [2.24, 2.45) is 0 Å². The average molecular weight is 288 g/mol. The van der Waals surface area contributed by atoms with Gasteiger partial charge in [-0.2, -0.15) is 0 Å². The second-order valence-corrected chi connectivity index (χ2v) is 5.81. The van der Waals surface area contributed by atoms with Crippen molar-refractivity contribution in [1.29, 1.82) is 0 Å². The first-order valence-corrected chi connectivity index (χ1v) is 7.64. The molecule has 0 aromatic carbocycles. The fraction of sp³-hybridized carbons (Fsp3) is 0.357. The van der Waals surface area contributed by atoms with Crippen LogP contribution in [0.1, 0.15) is 35.4 Å². The molecule has 0 unspecified atom stereocenters. The smallest absolute Gasteiger partial charge is 0.266 e. The molecule has 3 rings (SSSR count). The zero-order valence-electron chi connectivity index (χ0n) is 11.0. The lowest BCUT2D eigenvalue weighted by molar-refractivity contribution is 0.103. The molecule has 0 aliphatic heterocycles. The highest BCUT2D eigenvalue weighted by Crippen LogP contribution is 2.21. The number of hydrogen-bond acceptors (Lipinski definition) is 5. The first kappa shape index (κ1) is 13.1. The van der Waals surface area contributed by atoms with E-state index in [1.807, 2.05) is 17.5 Å². The number of hydrogen-bond donors (Lipinski definition) is 2. The molecule has 1 saturated carbocycles. The normalized spacial score (nSPS) is 15.2. The van der Waals surface area contributed by atoms with Crippen molar-refractivity contribution in [3.63, 3.8) is 0 Å². The Morgan fingerprint density at radius 1 is 1.15 bits per heavy atom. The molecule has 6 heteroatoms. The Hall–Kier alpha value is -1.95. The van der Waals surface area contributed by atoms with Gasteiger partial charge >= 0.3 is 0 Å². The number of aromatic nitrogens is 2. The van der Waals surface area contributed by atoms with Crippen molar-refractivity contribution in [1.82, 2.24) is 10.2 Å². The van der Waals surface area contributed by atoms with Gasteiger partial charge in [-0.3, -0.25) is 4.79 Å². The Morgan fingerprint density at radius 3 is 2.55 bits per heavy atom. The summed E-state index contributed by atoms with van der Waals surface area (Å²) >= 11 is 1.40. The van der Waals surface area contributed by atoms with Gasteiger partial charge in [-0.05, 0) is 36.4 Å². The highest BCUT2D eigenvalue weighted by Gasteiger charge is 2.15. The van der Waals surface area contributed by atoms with Crippen LogP contribution in [0.3, 0.4) is 0 Å². The molecule has 1 fully saturated rings. The molecular weight excluding hydrogens is 272 g/mol. The number of carbonyl (C=O) groups excluding carboxylic acids is 1. The topological polar surface area (TPSA) is 66.9 Å². The minimum Gasteiger partial charge on any atom is -0.366 e. The second-order valence-electron chi connectivity index (χ2n) is 4.86. The van der Waals surface area contributed by atoms with Crippen LogP contribution in [0.2, 0.25) is 0 Å². The van der Waals surface area contributed by atoms with E-state index in [1.165, 1.54) is 37.0 Å². The molecule has 2 heterocycles. The van der Waals surface area contributed by atoms with Crippen molar-refractivity contribution in [2.75, 3.05) is 10.6 Å². The number of carbonyl (C=O) groups is 1. The van der Waals surface area contributed by atoms with Crippen LogP contribution in [0.25, 0.3) is 0 Å². The molecule has 1 amide bonds. The zero-order chi connectivity index (χ0) is 13.8. The largest absolute Gasteiger partial charge is 0.366 e. The maximum absolute atomic E-state index is 11.9. The third-order valence-electron chi connectivity index (χ3n) is 3.36. The molecule has 5 nitrogen and oxygen atoms in total. The fourth-order valence-corrected chi connectivity index (χ4v) is 2.96. The summed E-state index contributed by atoms with van der Waals surface area (Å²) in [6, 6.07) is 7.77. The number of amides is 1. The number of nitrogens with one attached hydrogen (secondary N) is 2. The Bertz CT molecular complexity index is 561. The van der Waals surface area contributed by atoms with Crippen molar-refractivity contribution in [3.05, 3.63) is 34.5 Å². The molecule has 0 radical (unpaired) electrons. The van der Waals surface area contributed by atoms with Gasteiger partial charge in [0.1, 0.15) is 5.82 Å². The van der Waals surface area contributed by atoms with Crippen molar-refractivity contribution >= 4 is 28.9 Å². The Balaban J connectivity index is 1.59. The van der Waals surface area contributed by atoms with E-state index in [4.69, 9.17) is 0 Å². The van der Waals surface area contributed by atoms with Gasteiger partial charge in [-0.15, -0.1) is 21.5 Å². The van der Waals surface area contributed by atoms with Gasteiger partial charge in [0.05, 0.1) is 4.88 Å². The lowest BCUT2D eigenvalue weighted by Crippen LogP contribution is -2.16. The minimum atomic E-state index is -0.147. The summed E-state index contributed by atoms with van der Waals surface area (Å²) in [5.41, 5.74) is 0. The van der Waals surface area contributed by atoms with Crippen molar-refractivity contribution in [2.45, 2.75) is 31.7 Å². The van der Waals surface area contributed by atoms with Crippen LogP contribution in [-0.4, -0.2) is 22.1 Å². The Morgan fingerprint density at radius 2 is 1.90 bits per heavy atom. The first-order chi connectivity index (χ1) is 9.81. The molecule has 2 N–H and O–H groups in total. The summed E-state index contributed by atoms with van der Waals surface area (Å²) in [5.74, 6) is 1.09. The molecule has 2 aromatic rings. The lowest BCUT2D eigenvalue weighted by Gasteiger charge is -2.11. The van der Waals surface area contributed by atoms with Gasteiger partial charge < -0.3 is 10.6 Å². The summed E-state index contributed by atoms with van der Waals surface area (Å²) in [6.07, 6.45) is 4.94.